The summed E-state index contributed by atoms with van der Waals surface area (Å²) in [5.74, 6) is 0.387. The van der Waals surface area contributed by atoms with Crippen molar-refractivity contribution in [2.24, 2.45) is 5.92 Å². The zero-order valence-electron chi connectivity index (χ0n) is 10.9. The SMILES string of the molecule is O=C(Nc1ccccc1N1CCCC1=O)C1CCC1. The van der Waals surface area contributed by atoms with Crippen LogP contribution in [0.5, 0.6) is 0 Å². The van der Waals surface area contributed by atoms with Crippen molar-refractivity contribution in [3.8, 4) is 0 Å². The number of nitrogens with zero attached hydrogens (tertiary/aromatic N) is 1. The largest absolute Gasteiger partial charge is 0.324 e. The van der Waals surface area contributed by atoms with Crippen molar-refractivity contribution >= 4 is 23.2 Å². The zero-order valence-corrected chi connectivity index (χ0v) is 10.9. The molecule has 1 aliphatic heterocycles. The molecule has 0 bridgehead atoms. The average Bonchev–Trinajstić information content (AvgIpc) is 2.74. The summed E-state index contributed by atoms with van der Waals surface area (Å²) < 4.78 is 0. The number of hydrogen-bond acceptors (Lipinski definition) is 2. The molecule has 4 heteroatoms. The Morgan fingerprint density at radius 2 is 2.00 bits per heavy atom. The van der Waals surface area contributed by atoms with Crippen LogP contribution in [0.4, 0.5) is 11.4 Å². The molecule has 1 N–H and O–H groups in total. The average molecular weight is 258 g/mol. The third-order valence-electron chi connectivity index (χ3n) is 4.00. The van der Waals surface area contributed by atoms with Crippen molar-refractivity contribution in [2.45, 2.75) is 32.1 Å². The van der Waals surface area contributed by atoms with E-state index in [-0.39, 0.29) is 17.7 Å². The second-order valence-corrected chi connectivity index (χ2v) is 5.28. The summed E-state index contributed by atoms with van der Waals surface area (Å²) in [6.45, 7) is 0.745. The maximum absolute atomic E-state index is 12.0. The Morgan fingerprint density at radius 1 is 1.21 bits per heavy atom. The number of benzene rings is 1. The molecular formula is C15H18N2O2. The molecule has 1 aromatic rings. The molecule has 0 unspecified atom stereocenters. The van der Waals surface area contributed by atoms with Gasteiger partial charge in [0.05, 0.1) is 11.4 Å². The Kier molecular flexibility index (Phi) is 3.23. The van der Waals surface area contributed by atoms with Gasteiger partial charge in [0.1, 0.15) is 0 Å². The lowest BCUT2D eigenvalue weighted by Crippen LogP contribution is -2.30. The van der Waals surface area contributed by atoms with Gasteiger partial charge in [-0.25, -0.2) is 0 Å². The quantitative estimate of drug-likeness (QED) is 0.905. The van der Waals surface area contributed by atoms with E-state index >= 15 is 0 Å². The first-order valence-corrected chi connectivity index (χ1v) is 6.96. The lowest BCUT2D eigenvalue weighted by molar-refractivity contribution is -0.122. The molecule has 1 aliphatic carbocycles. The van der Waals surface area contributed by atoms with Crippen LogP contribution < -0.4 is 10.2 Å². The van der Waals surface area contributed by atoms with Gasteiger partial charge in [0, 0.05) is 18.9 Å². The maximum Gasteiger partial charge on any atom is 0.227 e. The monoisotopic (exact) mass is 258 g/mol. The summed E-state index contributed by atoms with van der Waals surface area (Å²) in [7, 11) is 0. The molecule has 0 spiro atoms. The predicted molar refractivity (Wildman–Crippen MR) is 74.0 cm³/mol. The smallest absolute Gasteiger partial charge is 0.227 e. The zero-order chi connectivity index (χ0) is 13.2. The number of amides is 2. The van der Waals surface area contributed by atoms with Crippen LogP contribution in [0.2, 0.25) is 0 Å². The van der Waals surface area contributed by atoms with Gasteiger partial charge < -0.3 is 10.2 Å². The Morgan fingerprint density at radius 3 is 2.63 bits per heavy atom. The van der Waals surface area contributed by atoms with Crippen LogP contribution in [0, 0.1) is 5.92 Å². The second kappa shape index (κ2) is 5.03. The lowest BCUT2D eigenvalue weighted by Gasteiger charge is -2.26. The molecule has 1 saturated heterocycles. The fraction of sp³-hybridized carbons (Fsp3) is 0.467. The fourth-order valence-corrected chi connectivity index (χ4v) is 2.62. The molecule has 0 radical (unpaired) electrons. The van der Waals surface area contributed by atoms with Crippen molar-refractivity contribution < 1.29 is 9.59 Å². The Bertz CT molecular complexity index is 509. The van der Waals surface area contributed by atoms with Crippen molar-refractivity contribution in [3.63, 3.8) is 0 Å². The second-order valence-electron chi connectivity index (χ2n) is 5.28. The molecule has 0 atom stereocenters. The van der Waals surface area contributed by atoms with Crippen LogP contribution in [0.25, 0.3) is 0 Å². The molecule has 1 aromatic carbocycles. The highest BCUT2D eigenvalue weighted by molar-refractivity contribution is 6.02. The van der Waals surface area contributed by atoms with E-state index in [1.54, 1.807) is 4.90 Å². The molecule has 2 fully saturated rings. The van der Waals surface area contributed by atoms with E-state index in [9.17, 15) is 9.59 Å². The number of carbonyl (C=O) groups excluding carboxylic acids is 2. The number of hydrogen-bond donors (Lipinski definition) is 1. The third kappa shape index (κ3) is 2.35. The van der Waals surface area contributed by atoms with Crippen molar-refractivity contribution in [3.05, 3.63) is 24.3 Å². The molecular weight excluding hydrogens is 240 g/mol. The van der Waals surface area contributed by atoms with Gasteiger partial charge in [0.25, 0.3) is 0 Å². The Labute approximate surface area is 112 Å². The molecule has 4 nitrogen and oxygen atoms in total. The third-order valence-corrected chi connectivity index (χ3v) is 4.00. The first-order chi connectivity index (χ1) is 9.25. The van der Waals surface area contributed by atoms with E-state index in [1.165, 1.54) is 0 Å². The van der Waals surface area contributed by atoms with Crippen LogP contribution in [0.3, 0.4) is 0 Å². The molecule has 100 valence electrons. The summed E-state index contributed by atoms with van der Waals surface area (Å²) >= 11 is 0. The van der Waals surface area contributed by atoms with Gasteiger partial charge in [0.2, 0.25) is 11.8 Å². The van der Waals surface area contributed by atoms with Crippen LogP contribution in [0.15, 0.2) is 24.3 Å². The summed E-state index contributed by atoms with van der Waals surface area (Å²) in [4.78, 5) is 25.6. The van der Waals surface area contributed by atoms with Crippen LogP contribution in [-0.4, -0.2) is 18.4 Å². The first kappa shape index (κ1) is 12.2. The highest BCUT2D eigenvalue weighted by Crippen LogP contribution is 2.32. The van der Waals surface area contributed by atoms with Crippen LogP contribution in [-0.2, 0) is 9.59 Å². The summed E-state index contributed by atoms with van der Waals surface area (Å²) in [6.07, 6.45) is 4.60. The number of carbonyl (C=O) groups is 2. The number of nitrogens with one attached hydrogen (secondary N) is 1. The minimum Gasteiger partial charge on any atom is -0.324 e. The van der Waals surface area contributed by atoms with Gasteiger partial charge in [-0.3, -0.25) is 9.59 Å². The maximum atomic E-state index is 12.0. The molecule has 1 saturated carbocycles. The normalized spacial score (nSPS) is 19.4. The summed E-state index contributed by atoms with van der Waals surface area (Å²) in [5, 5.41) is 2.98. The first-order valence-electron chi connectivity index (χ1n) is 6.96. The summed E-state index contributed by atoms with van der Waals surface area (Å²) in [6, 6.07) is 7.57. The van der Waals surface area contributed by atoms with E-state index in [2.05, 4.69) is 5.32 Å². The fourth-order valence-electron chi connectivity index (χ4n) is 2.62. The van der Waals surface area contributed by atoms with Gasteiger partial charge >= 0.3 is 0 Å². The highest BCUT2D eigenvalue weighted by Gasteiger charge is 2.27. The number of rotatable bonds is 3. The molecule has 1 heterocycles. The molecule has 3 rings (SSSR count). The molecule has 19 heavy (non-hydrogen) atoms. The Balaban J connectivity index is 1.80. The van der Waals surface area contributed by atoms with Gasteiger partial charge in [-0.15, -0.1) is 0 Å². The van der Waals surface area contributed by atoms with Crippen LogP contribution in [0.1, 0.15) is 32.1 Å². The van der Waals surface area contributed by atoms with Crippen LogP contribution >= 0.6 is 0 Å². The van der Waals surface area contributed by atoms with E-state index < -0.39 is 0 Å². The van der Waals surface area contributed by atoms with E-state index in [1.807, 2.05) is 24.3 Å². The lowest BCUT2D eigenvalue weighted by atomic mass is 9.85. The molecule has 2 aliphatic rings. The van der Waals surface area contributed by atoms with Gasteiger partial charge in [-0.2, -0.15) is 0 Å². The predicted octanol–water partition coefficient (Wildman–Crippen LogP) is 2.55. The summed E-state index contributed by atoms with van der Waals surface area (Å²) in [5.41, 5.74) is 1.59. The topological polar surface area (TPSA) is 49.4 Å². The molecule has 0 aromatic heterocycles. The van der Waals surface area contributed by atoms with Gasteiger partial charge in [-0.1, -0.05) is 18.6 Å². The number of para-hydroxylation sites is 2. The van der Waals surface area contributed by atoms with Gasteiger partial charge in [0.15, 0.2) is 0 Å². The highest BCUT2D eigenvalue weighted by atomic mass is 16.2. The number of anilines is 2. The standard InChI is InChI=1S/C15H18N2O2/c18-14-9-4-10-17(14)13-8-2-1-7-12(13)16-15(19)11-5-3-6-11/h1-2,7-8,11H,3-6,9-10H2,(H,16,19). The van der Waals surface area contributed by atoms with E-state index in [0.29, 0.717) is 6.42 Å². The van der Waals surface area contributed by atoms with Gasteiger partial charge in [-0.05, 0) is 31.4 Å². The van der Waals surface area contributed by atoms with Crippen molar-refractivity contribution in [2.75, 3.05) is 16.8 Å². The molecule has 2 amide bonds. The van der Waals surface area contributed by atoms with E-state index in [4.69, 9.17) is 0 Å². The minimum atomic E-state index is 0.0883. The minimum absolute atomic E-state index is 0.0883. The van der Waals surface area contributed by atoms with Crippen molar-refractivity contribution in [1.29, 1.82) is 0 Å². The van der Waals surface area contributed by atoms with E-state index in [0.717, 1.165) is 43.6 Å². The Hall–Kier alpha value is -1.84. The van der Waals surface area contributed by atoms with Crippen molar-refractivity contribution in [1.82, 2.24) is 0 Å².